The van der Waals surface area contributed by atoms with Crippen LogP contribution in [0, 0.1) is 11.2 Å². The number of nitrogens with two attached hydrogens (primary N) is 1. The summed E-state index contributed by atoms with van der Waals surface area (Å²) in [7, 11) is 0. The van der Waals surface area contributed by atoms with Crippen LogP contribution in [-0.2, 0) is 0 Å². The summed E-state index contributed by atoms with van der Waals surface area (Å²) in [4.78, 5) is 14.3. The zero-order valence-electron chi connectivity index (χ0n) is 16.5. The number of hydrogen-bond acceptors (Lipinski definition) is 5. The van der Waals surface area contributed by atoms with Gasteiger partial charge in [0.05, 0.1) is 11.3 Å². The number of hydrogen-bond donors (Lipinski definition) is 2. The molecule has 0 aromatic heterocycles. The second kappa shape index (κ2) is 6.96. The summed E-state index contributed by atoms with van der Waals surface area (Å²) in [5.41, 5.74) is 7.58. The van der Waals surface area contributed by atoms with Crippen LogP contribution < -0.4 is 16.1 Å². The van der Waals surface area contributed by atoms with E-state index >= 15 is 0 Å². The van der Waals surface area contributed by atoms with Gasteiger partial charge >= 0.3 is 0 Å². The Balaban J connectivity index is 2.00. The maximum absolute atomic E-state index is 14.0. The molecule has 0 unspecified atom stereocenters. The maximum atomic E-state index is 14.0. The van der Waals surface area contributed by atoms with Crippen molar-refractivity contribution in [3.63, 3.8) is 0 Å². The number of benzene rings is 1. The topological polar surface area (TPSA) is 74.0 Å². The van der Waals surface area contributed by atoms with E-state index in [1.165, 1.54) is 6.07 Å². The summed E-state index contributed by atoms with van der Waals surface area (Å²) in [6, 6.07) is 3.02. The highest BCUT2D eigenvalue weighted by atomic mass is 19.1. The number of halogens is 1. The Morgan fingerprint density at radius 3 is 2.52 bits per heavy atom. The lowest BCUT2D eigenvalue weighted by Gasteiger charge is -2.42. The number of carbonyl (C=O) groups excluding carboxylic acids is 1. The summed E-state index contributed by atoms with van der Waals surface area (Å²) in [6.45, 7) is 14.4. The molecule has 1 aromatic carbocycles. The van der Waals surface area contributed by atoms with Crippen molar-refractivity contribution >= 4 is 24.0 Å². The normalized spacial score (nSPS) is 21.0. The van der Waals surface area contributed by atoms with E-state index in [1.807, 2.05) is 0 Å². The number of rotatable bonds is 4. The van der Waals surface area contributed by atoms with Crippen LogP contribution in [-0.4, -0.2) is 36.7 Å². The van der Waals surface area contributed by atoms with Crippen molar-refractivity contribution in [3.05, 3.63) is 34.9 Å². The third kappa shape index (κ3) is 3.32. The molecule has 146 valence electrons. The van der Waals surface area contributed by atoms with Crippen LogP contribution in [0.1, 0.15) is 50.9 Å². The van der Waals surface area contributed by atoms with Crippen molar-refractivity contribution in [1.82, 2.24) is 4.90 Å². The largest absolute Gasteiger partial charge is 0.366 e. The number of primary amides is 1. The summed E-state index contributed by atoms with van der Waals surface area (Å²) >= 11 is 0. The van der Waals surface area contributed by atoms with Crippen LogP contribution in [0.15, 0.2) is 28.6 Å². The number of piperidine rings is 1. The van der Waals surface area contributed by atoms with Gasteiger partial charge in [-0.15, -0.1) is 0 Å². The Morgan fingerprint density at radius 2 is 2.00 bits per heavy atom. The smallest absolute Gasteiger partial charge is 0.251 e. The fraction of sp³-hybridized carbons (Fsp3) is 0.500. The molecule has 27 heavy (non-hydrogen) atoms. The standard InChI is InChI=1S/C20H28FN5O/c1-12(2)25-8-6-20(4,7-9-25)13(3)19-24-16-11-14(21)10-15(18(22)27)17(16)26(19)23-5/h10-12,24H,5-9H2,1-4H3,(H2,22,27)/b19-13+. The van der Waals surface area contributed by atoms with Gasteiger partial charge < -0.3 is 16.0 Å². The fourth-order valence-electron chi connectivity index (χ4n) is 3.99. The van der Waals surface area contributed by atoms with Crippen LogP contribution in [0.4, 0.5) is 15.8 Å². The van der Waals surface area contributed by atoms with Gasteiger partial charge in [-0.05, 0) is 69.8 Å². The molecule has 0 saturated carbocycles. The molecule has 1 aromatic rings. The Bertz CT molecular complexity index is 809. The van der Waals surface area contributed by atoms with Crippen molar-refractivity contribution in [2.75, 3.05) is 23.4 Å². The molecule has 3 rings (SSSR count). The molecule has 2 heterocycles. The highest BCUT2D eigenvalue weighted by Crippen LogP contribution is 2.46. The van der Waals surface area contributed by atoms with Gasteiger partial charge in [0.25, 0.3) is 5.91 Å². The first-order chi connectivity index (χ1) is 12.7. The molecule has 0 aliphatic carbocycles. The number of fused-ring (bicyclic) bond motifs is 1. The molecule has 2 aliphatic heterocycles. The fourth-order valence-corrected chi connectivity index (χ4v) is 3.99. The van der Waals surface area contributed by atoms with E-state index in [9.17, 15) is 9.18 Å². The summed E-state index contributed by atoms with van der Waals surface area (Å²) < 4.78 is 14.0. The van der Waals surface area contributed by atoms with Crippen LogP contribution in [0.5, 0.6) is 0 Å². The lowest BCUT2D eigenvalue weighted by Crippen LogP contribution is -2.43. The minimum absolute atomic E-state index is 0.0237. The highest BCUT2D eigenvalue weighted by molar-refractivity contribution is 6.04. The third-order valence-corrected chi connectivity index (χ3v) is 6.05. The molecule has 3 N–H and O–H groups in total. The van der Waals surface area contributed by atoms with Crippen LogP contribution in [0.3, 0.4) is 0 Å². The molecule has 1 saturated heterocycles. The zero-order chi connectivity index (χ0) is 19.9. The first-order valence-electron chi connectivity index (χ1n) is 9.30. The number of allylic oxidation sites excluding steroid dienone is 1. The monoisotopic (exact) mass is 373 g/mol. The quantitative estimate of drug-likeness (QED) is 0.792. The van der Waals surface area contributed by atoms with E-state index in [1.54, 1.807) is 5.01 Å². The lowest BCUT2D eigenvalue weighted by molar-refractivity contribution is 0.100. The van der Waals surface area contributed by atoms with Crippen molar-refractivity contribution < 1.29 is 9.18 Å². The SMILES string of the molecule is C=NN1/C(=C(\C)C2(C)CCN(C(C)C)CC2)Nc2cc(F)cc(C(N)=O)c21. The van der Waals surface area contributed by atoms with Crippen molar-refractivity contribution in [2.45, 2.75) is 46.6 Å². The van der Waals surface area contributed by atoms with E-state index in [0.29, 0.717) is 17.4 Å². The average Bonchev–Trinajstić information content (AvgIpc) is 2.98. The number of hydrazone groups is 1. The number of likely N-dealkylation sites (tertiary alicyclic amines) is 1. The van der Waals surface area contributed by atoms with Crippen molar-refractivity contribution in [3.8, 4) is 0 Å². The number of amides is 1. The van der Waals surface area contributed by atoms with Gasteiger partial charge in [0.2, 0.25) is 0 Å². The molecular weight excluding hydrogens is 345 g/mol. The Labute approximate surface area is 159 Å². The van der Waals surface area contributed by atoms with E-state index in [4.69, 9.17) is 5.73 Å². The maximum Gasteiger partial charge on any atom is 0.251 e. The second-order valence-corrected chi connectivity index (χ2v) is 7.96. The van der Waals surface area contributed by atoms with E-state index < -0.39 is 11.7 Å². The lowest BCUT2D eigenvalue weighted by atomic mass is 9.74. The molecule has 1 amide bonds. The average molecular weight is 373 g/mol. The van der Waals surface area contributed by atoms with Gasteiger partial charge in [0, 0.05) is 12.8 Å². The molecule has 1 fully saturated rings. The minimum Gasteiger partial charge on any atom is -0.366 e. The van der Waals surface area contributed by atoms with E-state index in [2.05, 4.69) is 49.7 Å². The number of anilines is 2. The highest BCUT2D eigenvalue weighted by Gasteiger charge is 2.38. The first-order valence-corrected chi connectivity index (χ1v) is 9.30. The molecular formula is C20H28FN5O. The Morgan fingerprint density at radius 1 is 1.37 bits per heavy atom. The molecule has 0 spiro atoms. The van der Waals surface area contributed by atoms with E-state index in [0.717, 1.165) is 43.4 Å². The zero-order valence-corrected chi connectivity index (χ0v) is 16.5. The van der Waals surface area contributed by atoms with Gasteiger partial charge in [0.15, 0.2) is 0 Å². The first kappa shape index (κ1) is 19.4. The Hall–Kier alpha value is -2.41. The summed E-state index contributed by atoms with van der Waals surface area (Å²) in [5, 5.41) is 8.91. The second-order valence-electron chi connectivity index (χ2n) is 7.96. The van der Waals surface area contributed by atoms with Crippen molar-refractivity contribution in [1.29, 1.82) is 0 Å². The van der Waals surface area contributed by atoms with Gasteiger partial charge in [-0.1, -0.05) is 6.92 Å². The molecule has 6 nitrogen and oxygen atoms in total. The van der Waals surface area contributed by atoms with Gasteiger partial charge in [0.1, 0.15) is 17.3 Å². The molecule has 2 aliphatic rings. The number of nitrogens with zero attached hydrogens (tertiary/aromatic N) is 3. The number of nitrogens with one attached hydrogen (secondary N) is 1. The third-order valence-electron chi connectivity index (χ3n) is 6.05. The van der Waals surface area contributed by atoms with Gasteiger partial charge in [-0.25, -0.2) is 9.40 Å². The predicted molar refractivity (Wildman–Crippen MR) is 107 cm³/mol. The van der Waals surface area contributed by atoms with Gasteiger partial charge in [-0.3, -0.25) is 4.79 Å². The summed E-state index contributed by atoms with van der Waals surface area (Å²) in [5.74, 6) is -0.487. The molecule has 0 atom stereocenters. The predicted octanol–water partition coefficient (Wildman–Crippen LogP) is 3.51. The molecule has 0 radical (unpaired) electrons. The van der Waals surface area contributed by atoms with Crippen LogP contribution in [0.2, 0.25) is 0 Å². The Kier molecular flexibility index (Phi) is 4.99. The van der Waals surface area contributed by atoms with Crippen LogP contribution >= 0.6 is 0 Å². The van der Waals surface area contributed by atoms with Crippen molar-refractivity contribution in [2.24, 2.45) is 16.3 Å². The van der Waals surface area contributed by atoms with Gasteiger partial charge in [-0.2, -0.15) is 5.10 Å². The summed E-state index contributed by atoms with van der Waals surface area (Å²) in [6.07, 6.45) is 2.03. The molecule has 7 heteroatoms. The van der Waals surface area contributed by atoms with Crippen LogP contribution in [0.25, 0.3) is 0 Å². The van der Waals surface area contributed by atoms with E-state index in [-0.39, 0.29) is 11.0 Å². The minimum atomic E-state index is -0.698. The molecule has 0 bridgehead atoms. The number of carbonyl (C=O) groups is 1.